The molecule has 5 heteroatoms. The zero-order valence-corrected chi connectivity index (χ0v) is 10.0. The lowest BCUT2D eigenvalue weighted by Crippen LogP contribution is -2.14. The molecule has 0 fully saturated rings. The molecule has 84 valence electrons. The van der Waals surface area contributed by atoms with E-state index in [1.54, 1.807) is 6.92 Å². The molecule has 1 rings (SSSR count). The molecule has 0 radical (unpaired) electrons. The van der Waals surface area contributed by atoms with Crippen LogP contribution in [-0.4, -0.2) is 12.6 Å². The molecule has 0 bridgehead atoms. The first-order valence-corrected chi connectivity index (χ1v) is 5.36. The van der Waals surface area contributed by atoms with Crippen LogP contribution in [-0.2, 0) is 9.53 Å². The topological polar surface area (TPSA) is 50.1 Å². The van der Waals surface area contributed by atoms with Gasteiger partial charge >= 0.3 is 5.97 Å². The van der Waals surface area contributed by atoms with Gasteiger partial charge in [-0.05, 0) is 30.7 Å². The predicted molar refractivity (Wildman–Crippen MR) is 61.4 cm³/mol. The quantitative estimate of drug-likeness (QED) is 0.782. The largest absolute Gasteiger partial charge is 0.465 e. The Hall–Kier alpha value is -1.24. The van der Waals surface area contributed by atoms with Crippen molar-refractivity contribution in [2.75, 3.05) is 6.61 Å². The molecular weight excluding hydrogens is 249 g/mol. The Morgan fingerprint density at radius 2 is 2.00 bits per heavy atom. The van der Waals surface area contributed by atoms with Crippen molar-refractivity contribution < 1.29 is 9.53 Å². The minimum absolute atomic E-state index is 0.227. The first-order chi connectivity index (χ1) is 7.58. The van der Waals surface area contributed by atoms with Crippen molar-refractivity contribution >= 4 is 29.2 Å². The molecule has 3 nitrogen and oxygen atoms in total. The van der Waals surface area contributed by atoms with E-state index in [-0.39, 0.29) is 6.61 Å². The molecule has 0 amide bonds. The average molecular weight is 258 g/mol. The summed E-state index contributed by atoms with van der Waals surface area (Å²) in [5.41, 5.74) is 0.443. The molecule has 16 heavy (non-hydrogen) atoms. The number of esters is 1. The van der Waals surface area contributed by atoms with Gasteiger partial charge in [0.05, 0.1) is 12.7 Å². The lowest BCUT2D eigenvalue weighted by Gasteiger charge is -2.09. The summed E-state index contributed by atoms with van der Waals surface area (Å²) >= 11 is 11.6. The van der Waals surface area contributed by atoms with Crippen LogP contribution in [0.3, 0.4) is 0 Å². The van der Waals surface area contributed by atoms with Gasteiger partial charge < -0.3 is 4.74 Å². The maximum absolute atomic E-state index is 11.5. The fraction of sp³-hybridized carbons (Fsp3) is 0.273. The summed E-state index contributed by atoms with van der Waals surface area (Å²) < 4.78 is 4.78. The smallest absolute Gasteiger partial charge is 0.327 e. The lowest BCUT2D eigenvalue weighted by molar-refractivity contribution is -0.143. The van der Waals surface area contributed by atoms with Crippen LogP contribution in [0.2, 0.25) is 10.0 Å². The third-order valence-corrected chi connectivity index (χ3v) is 2.31. The number of carbonyl (C=O) groups is 1. The Balaban J connectivity index is 3.05. The number of benzene rings is 1. The second-order valence-electron chi connectivity index (χ2n) is 3.02. The van der Waals surface area contributed by atoms with Crippen LogP contribution >= 0.6 is 23.2 Å². The van der Waals surface area contributed by atoms with Gasteiger partial charge in [-0.25, -0.2) is 0 Å². The van der Waals surface area contributed by atoms with Gasteiger partial charge in [0.15, 0.2) is 5.92 Å². The second kappa shape index (κ2) is 5.74. The lowest BCUT2D eigenvalue weighted by atomic mass is 10.0. The van der Waals surface area contributed by atoms with E-state index in [1.165, 1.54) is 18.2 Å². The Morgan fingerprint density at radius 1 is 1.44 bits per heavy atom. The molecule has 1 unspecified atom stereocenters. The molecule has 0 aliphatic rings. The van der Waals surface area contributed by atoms with Gasteiger partial charge in [-0.1, -0.05) is 23.2 Å². The van der Waals surface area contributed by atoms with Gasteiger partial charge in [0.25, 0.3) is 0 Å². The maximum Gasteiger partial charge on any atom is 0.327 e. The molecule has 0 saturated heterocycles. The Kier molecular flexibility index (Phi) is 4.60. The van der Waals surface area contributed by atoms with Gasteiger partial charge in [0, 0.05) is 10.0 Å². The summed E-state index contributed by atoms with van der Waals surface area (Å²) in [4.78, 5) is 11.5. The van der Waals surface area contributed by atoms with Crippen LogP contribution in [0.1, 0.15) is 18.4 Å². The van der Waals surface area contributed by atoms with Crippen LogP contribution < -0.4 is 0 Å². The summed E-state index contributed by atoms with van der Waals surface area (Å²) in [5, 5.41) is 9.68. The number of nitrogens with zero attached hydrogens (tertiary/aromatic N) is 1. The highest BCUT2D eigenvalue weighted by Crippen LogP contribution is 2.25. The molecule has 0 aliphatic heterocycles. The highest BCUT2D eigenvalue weighted by Gasteiger charge is 2.22. The van der Waals surface area contributed by atoms with E-state index in [1.807, 2.05) is 6.07 Å². The maximum atomic E-state index is 11.5. The zero-order chi connectivity index (χ0) is 12.1. The van der Waals surface area contributed by atoms with Gasteiger partial charge in [-0.2, -0.15) is 5.26 Å². The average Bonchev–Trinajstić information content (AvgIpc) is 2.17. The molecule has 1 aromatic carbocycles. The van der Waals surface area contributed by atoms with E-state index in [4.69, 9.17) is 33.2 Å². The van der Waals surface area contributed by atoms with Gasteiger partial charge in [-0.15, -0.1) is 0 Å². The molecule has 0 spiro atoms. The minimum atomic E-state index is -0.990. The third kappa shape index (κ3) is 3.13. The Bertz CT molecular complexity index is 420. The van der Waals surface area contributed by atoms with Crippen LogP contribution in [0.25, 0.3) is 0 Å². The van der Waals surface area contributed by atoms with Gasteiger partial charge in [0.1, 0.15) is 0 Å². The van der Waals surface area contributed by atoms with E-state index in [2.05, 4.69) is 0 Å². The van der Waals surface area contributed by atoms with E-state index in [0.29, 0.717) is 15.6 Å². The van der Waals surface area contributed by atoms with Crippen molar-refractivity contribution in [2.24, 2.45) is 0 Å². The number of hydrogen-bond donors (Lipinski definition) is 0. The Labute approximate surface area is 104 Å². The summed E-state index contributed by atoms with van der Waals surface area (Å²) in [5.74, 6) is -1.58. The van der Waals surface area contributed by atoms with E-state index in [9.17, 15) is 4.79 Å². The molecule has 1 aromatic rings. The fourth-order valence-corrected chi connectivity index (χ4v) is 1.77. The predicted octanol–water partition coefficient (Wildman–Crippen LogP) is 3.16. The monoisotopic (exact) mass is 257 g/mol. The van der Waals surface area contributed by atoms with Crippen LogP contribution in [0.4, 0.5) is 0 Å². The van der Waals surface area contributed by atoms with Crippen LogP contribution in [0, 0.1) is 11.3 Å². The van der Waals surface area contributed by atoms with E-state index in [0.717, 1.165) is 0 Å². The highest BCUT2D eigenvalue weighted by atomic mass is 35.5. The number of rotatable bonds is 3. The number of halogens is 2. The van der Waals surface area contributed by atoms with Crippen LogP contribution in [0.5, 0.6) is 0 Å². The molecular formula is C11H9Cl2NO2. The standard InChI is InChI=1S/C11H9Cl2NO2/c1-2-16-11(15)10(6-14)7-3-8(12)5-9(13)4-7/h3-5,10H,2H2,1H3. The molecule has 1 atom stereocenters. The zero-order valence-electron chi connectivity index (χ0n) is 8.54. The molecule has 0 heterocycles. The second-order valence-corrected chi connectivity index (χ2v) is 3.89. The first kappa shape index (κ1) is 12.8. The molecule has 0 N–H and O–H groups in total. The van der Waals surface area contributed by atoms with E-state index < -0.39 is 11.9 Å². The third-order valence-electron chi connectivity index (χ3n) is 1.87. The summed E-state index contributed by atoms with van der Waals surface area (Å²) in [6, 6.07) is 6.45. The van der Waals surface area contributed by atoms with Gasteiger partial charge in [0.2, 0.25) is 0 Å². The van der Waals surface area contributed by atoms with Crippen molar-refractivity contribution in [3.05, 3.63) is 33.8 Å². The first-order valence-electron chi connectivity index (χ1n) is 4.60. The number of carbonyl (C=O) groups excluding carboxylic acids is 1. The van der Waals surface area contributed by atoms with Crippen molar-refractivity contribution in [3.63, 3.8) is 0 Å². The van der Waals surface area contributed by atoms with Crippen molar-refractivity contribution in [1.29, 1.82) is 5.26 Å². The van der Waals surface area contributed by atoms with Gasteiger partial charge in [-0.3, -0.25) is 4.79 Å². The van der Waals surface area contributed by atoms with Crippen molar-refractivity contribution in [1.82, 2.24) is 0 Å². The molecule has 0 aliphatic carbocycles. The number of nitriles is 1. The summed E-state index contributed by atoms with van der Waals surface area (Å²) in [7, 11) is 0. The van der Waals surface area contributed by atoms with Crippen LogP contribution in [0.15, 0.2) is 18.2 Å². The molecule has 0 saturated carbocycles. The van der Waals surface area contributed by atoms with Crippen molar-refractivity contribution in [2.45, 2.75) is 12.8 Å². The molecule has 0 aromatic heterocycles. The summed E-state index contributed by atoms with van der Waals surface area (Å²) in [6.07, 6.45) is 0. The normalized spacial score (nSPS) is 11.6. The van der Waals surface area contributed by atoms with E-state index >= 15 is 0 Å². The Morgan fingerprint density at radius 3 is 2.44 bits per heavy atom. The fourth-order valence-electron chi connectivity index (χ4n) is 1.23. The minimum Gasteiger partial charge on any atom is -0.465 e. The highest BCUT2D eigenvalue weighted by molar-refractivity contribution is 6.34. The SMILES string of the molecule is CCOC(=O)C(C#N)c1cc(Cl)cc(Cl)c1. The summed E-state index contributed by atoms with van der Waals surface area (Å²) in [6.45, 7) is 1.91. The van der Waals surface area contributed by atoms with Crippen molar-refractivity contribution in [3.8, 4) is 6.07 Å². The number of hydrogen-bond acceptors (Lipinski definition) is 3. The number of ether oxygens (including phenoxy) is 1.